The van der Waals surface area contributed by atoms with Crippen LogP contribution in [-0.2, 0) is 19.2 Å². The molecule has 3 aromatic heterocycles. The van der Waals surface area contributed by atoms with E-state index in [4.69, 9.17) is 9.97 Å². The monoisotopic (exact) mass is 926 g/mol. The lowest BCUT2D eigenvalue weighted by Gasteiger charge is -2.20. The Bertz CT molecular complexity index is 3290. The molecule has 8 bridgehead atoms. The lowest BCUT2D eigenvalue weighted by atomic mass is 9.94. The van der Waals surface area contributed by atoms with Crippen LogP contribution in [0, 0.1) is 10.8 Å². The van der Waals surface area contributed by atoms with Gasteiger partial charge >= 0.3 is 0 Å². The first-order valence-corrected chi connectivity index (χ1v) is 23.2. The Kier molecular flexibility index (Phi) is 12.2. The molecular weight excluding hydrogens is 873 g/mol. The molecule has 7 aromatic rings. The summed E-state index contributed by atoms with van der Waals surface area (Å²) in [5.74, 6) is -0.752. The maximum Gasteiger partial charge on any atom is 0.229 e. The van der Waals surface area contributed by atoms with Crippen LogP contribution < -0.4 is 21.3 Å². The molecule has 0 fully saturated rings. The number of para-hydroxylation sites is 4. The van der Waals surface area contributed by atoms with Crippen LogP contribution in [-0.4, -0.2) is 43.6 Å². The molecule has 0 unspecified atom stereocenters. The summed E-state index contributed by atoms with van der Waals surface area (Å²) in [6.45, 7) is 14.2. The van der Waals surface area contributed by atoms with E-state index in [0.717, 1.165) is 22.3 Å². The number of benzene rings is 4. The van der Waals surface area contributed by atoms with Crippen molar-refractivity contribution < 1.29 is 19.2 Å². The van der Waals surface area contributed by atoms with Gasteiger partial charge in [-0.3, -0.25) is 19.2 Å². The summed E-state index contributed by atoms with van der Waals surface area (Å²) in [7, 11) is 0. The summed E-state index contributed by atoms with van der Waals surface area (Å²) in [6, 6.07) is 38.5. The average Bonchev–Trinajstić information content (AvgIpc) is 4.16. The second kappa shape index (κ2) is 18.5. The summed E-state index contributed by atoms with van der Waals surface area (Å²) in [5, 5.41) is 12.5. The molecule has 0 aliphatic carbocycles. The van der Waals surface area contributed by atoms with Gasteiger partial charge < -0.3 is 31.2 Å². The van der Waals surface area contributed by atoms with Gasteiger partial charge in [-0.1, -0.05) is 114 Å². The molecule has 5 heterocycles. The number of nitrogens with one attached hydrogen (secondary N) is 6. The third kappa shape index (κ3) is 9.31. The number of hydrogen-bond acceptors (Lipinski definition) is 6. The molecule has 12 nitrogen and oxygen atoms in total. The maximum atomic E-state index is 13.7. The molecule has 350 valence electrons. The van der Waals surface area contributed by atoms with Crippen LogP contribution in [0.15, 0.2) is 121 Å². The molecule has 2 aliphatic rings. The quantitative estimate of drug-likeness (QED) is 0.0884. The molecule has 0 saturated heterocycles. The van der Waals surface area contributed by atoms with Gasteiger partial charge in [0.1, 0.15) is 0 Å². The zero-order valence-corrected chi connectivity index (χ0v) is 40.4. The van der Waals surface area contributed by atoms with Gasteiger partial charge in [0, 0.05) is 114 Å². The summed E-state index contributed by atoms with van der Waals surface area (Å²) < 4.78 is 0. The number of anilines is 4. The third-order valence-electron chi connectivity index (χ3n) is 12.0. The van der Waals surface area contributed by atoms with E-state index >= 15 is 0 Å². The first kappa shape index (κ1) is 46.5. The molecule has 12 heteroatoms. The van der Waals surface area contributed by atoms with Crippen molar-refractivity contribution in [2.75, 3.05) is 21.3 Å². The third-order valence-corrected chi connectivity index (χ3v) is 12.0. The molecule has 9 rings (SSSR count). The van der Waals surface area contributed by atoms with Gasteiger partial charge in [0.25, 0.3) is 0 Å². The number of carbonyl (C=O) groups is 4. The summed E-state index contributed by atoms with van der Waals surface area (Å²) in [6.07, 6.45) is 7.84. The van der Waals surface area contributed by atoms with Crippen molar-refractivity contribution in [2.24, 2.45) is 10.8 Å². The van der Waals surface area contributed by atoms with Gasteiger partial charge in [0.15, 0.2) is 0 Å². The van der Waals surface area contributed by atoms with E-state index in [0.29, 0.717) is 89.8 Å². The summed E-state index contributed by atoms with van der Waals surface area (Å²) in [4.78, 5) is 71.2. The van der Waals surface area contributed by atoms with Crippen LogP contribution in [0.5, 0.6) is 0 Å². The smallest absolute Gasteiger partial charge is 0.229 e. The fourth-order valence-corrected chi connectivity index (χ4v) is 8.58. The number of rotatable bonds is 8. The lowest BCUT2D eigenvalue weighted by molar-refractivity contribution is -0.123. The number of amides is 4. The van der Waals surface area contributed by atoms with Gasteiger partial charge in [-0.15, -0.1) is 0 Å². The molecule has 0 radical (unpaired) electrons. The Morgan fingerprint density at radius 2 is 0.614 bits per heavy atom. The van der Waals surface area contributed by atoms with Gasteiger partial charge in [-0.05, 0) is 72.8 Å². The Morgan fingerprint density at radius 1 is 0.371 bits per heavy atom. The Labute approximate surface area is 406 Å². The fourth-order valence-electron chi connectivity index (χ4n) is 8.58. The van der Waals surface area contributed by atoms with Gasteiger partial charge in [0.05, 0.1) is 22.8 Å². The second-order valence-electron chi connectivity index (χ2n) is 19.5. The normalized spacial score (nSPS) is 12.1. The number of aromatic nitrogens is 4. The van der Waals surface area contributed by atoms with Crippen molar-refractivity contribution in [2.45, 2.75) is 55.4 Å². The predicted octanol–water partition coefficient (Wildman–Crippen LogP) is 13.2. The minimum absolute atomic E-state index is 0.150. The Morgan fingerprint density at radius 3 is 0.857 bits per heavy atom. The molecule has 70 heavy (non-hydrogen) atoms. The maximum absolute atomic E-state index is 13.7. The molecular formula is C58H54N8O4. The highest BCUT2D eigenvalue weighted by Crippen LogP contribution is 2.43. The van der Waals surface area contributed by atoms with Crippen molar-refractivity contribution in [1.29, 1.82) is 0 Å². The van der Waals surface area contributed by atoms with Gasteiger partial charge in [-0.2, -0.15) is 0 Å². The zero-order valence-electron chi connectivity index (χ0n) is 40.4. The number of nitrogens with zero attached hydrogens (tertiary/aromatic N) is 2. The zero-order chi connectivity index (χ0) is 49.5. The largest absolute Gasteiger partial charge is 0.354 e. The van der Waals surface area contributed by atoms with Crippen molar-refractivity contribution in [1.82, 2.24) is 19.9 Å². The number of H-pyrrole nitrogens is 2. The first-order chi connectivity index (χ1) is 33.4. The van der Waals surface area contributed by atoms with Crippen molar-refractivity contribution in [3.05, 3.63) is 144 Å². The van der Waals surface area contributed by atoms with Crippen LogP contribution >= 0.6 is 0 Å². The molecule has 0 saturated carbocycles. The molecule has 4 amide bonds. The highest BCUT2D eigenvalue weighted by molar-refractivity contribution is 6.08. The van der Waals surface area contributed by atoms with E-state index in [9.17, 15) is 19.2 Å². The van der Waals surface area contributed by atoms with E-state index in [2.05, 4.69) is 31.2 Å². The average molecular weight is 927 g/mol. The van der Waals surface area contributed by atoms with Crippen LogP contribution in [0.3, 0.4) is 0 Å². The Balaban J connectivity index is 1.47. The molecule has 2 aliphatic heterocycles. The van der Waals surface area contributed by atoms with E-state index in [1.54, 1.807) is 0 Å². The molecule has 0 atom stereocenters. The second-order valence-corrected chi connectivity index (χ2v) is 19.5. The van der Waals surface area contributed by atoms with Crippen LogP contribution in [0.1, 0.15) is 78.2 Å². The fraction of sp³-hybridized carbons (Fsp3) is 0.172. The first-order valence-electron chi connectivity index (χ1n) is 23.2. The number of hydrogen-bond donors (Lipinski definition) is 6. The van der Waals surface area contributed by atoms with Crippen LogP contribution in [0.4, 0.5) is 22.7 Å². The van der Waals surface area contributed by atoms with Crippen LogP contribution in [0.25, 0.3) is 90.9 Å². The van der Waals surface area contributed by atoms with E-state index < -0.39 is 10.8 Å². The van der Waals surface area contributed by atoms with Crippen molar-refractivity contribution in [3.8, 4) is 44.5 Å². The van der Waals surface area contributed by atoms with E-state index in [1.807, 2.05) is 187 Å². The highest BCUT2D eigenvalue weighted by Gasteiger charge is 2.27. The number of aromatic amines is 2. The summed E-state index contributed by atoms with van der Waals surface area (Å²) in [5.41, 5.74) is 12.0. The van der Waals surface area contributed by atoms with Crippen molar-refractivity contribution in [3.63, 3.8) is 0 Å². The van der Waals surface area contributed by atoms with E-state index in [1.165, 1.54) is 13.8 Å². The topological polar surface area (TPSA) is 174 Å². The van der Waals surface area contributed by atoms with Crippen molar-refractivity contribution >= 4 is 92.7 Å². The lowest BCUT2D eigenvalue weighted by Crippen LogP contribution is -2.27. The SMILES string of the molecule is CC(=O)Nc1ccccc1-c1c2nc(c(-c3ccccc3NC(=O)C(C)(C)C)c3ccc([nH]3)c(-c3ccccc3NC(C)=O)c3nc(c(-c4ccccc4NC(=O)C(C)(C)C)c4ccc1[nH]4)C=C3)C=C2. The molecule has 0 spiro atoms. The molecule has 6 N–H and O–H groups in total. The highest BCUT2D eigenvalue weighted by atomic mass is 16.2. The predicted molar refractivity (Wildman–Crippen MR) is 285 cm³/mol. The Hall–Kier alpha value is -8.64. The summed E-state index contributed by atoms with van der Waals surface area (Å²) >= 11 is 0. The van der Waals surface area contributed by atoms with Gasteiger partial charge in [-0.25, -0.2) is 9.97 Å². The standard InChI is InChI=1S/C58H54N8O4/c1-33(67)59-39-21-13-9-17-35(39)51-43-25-29-47(61-43)53(37-19-11-15-23-41(37)65-55(69)57(3,4)5)49-31-27-45(63-49)52(36-18-10-14-22-40(36)60-34(2)68)46-28-32-50(64-46)54(48-30-26-44(51)62-48)38-20-12-16-24-42(38)66-56(70)58(6,7)8/h9-32,61,64H,1-8H3,(H,59,67)(H,60,68)(H,65,69)(H,66,70). The minimum atomic E-state index is -0.681. The van der Waals surface area contributed by atoms with Crippen LogP contribution in [0.2, 0.25) is 0 Å². The number of fused-ring (bicyclic) bond motifs is 8. The van der Waals surface area contributed by atoms with Gasteiger partial charge in [0.2, 0.25) is 23.6 Å². The van der Waals surface area contributed by atoms with E-state index in [-0.39, 0.29) is 23.6 Å². The number of carbonyl (C=O) groups excluding carboxylic acids is 4. The molecule has 4 aromatic carbocycles. The minimum Gasteiger partial charge on any atom is -0.354 e.